The van der Waals surface area contributed by atoms with E-state index in [9.17, 15) is 13.2 Å². The van der Waals surface area contributed by atoms with Crippen LogP contribution in [0.3, 0.4) is 0 Å². The van der Waals surface area contributed by atoms with Crippen LogP contribution in [-0.2, 0) is 16.4 Å². The van der Waals surface area contributed by atoms with Gasteiger partial charge in [0, 0.05) is 17.7 Å². The maximum absolute atomic E-state index is 13.2. The van der Waals surface area contributed by atoms with Gasteiger partial charge in [0.2, 0.25) is 0 Å². The molecule has 1 amide bonds. The Morgan fingerprint density at radius 1 is 1.00 bits per heavy atom. The normalized spacial score (nSPS) is 15.2. The first kappa shape index (κ1) is 21.7. The second-order valence-electron chi connectivity index (χ2n) is 7.53. The van der Waals surface area contributed by atoms with E-state index in [1.807, 2.05) is 6.92 Å². The maximum Gasteiger partial charge on any atom is 0.264 e. The van der Waals surface area contributed by atoms with Crippen molar-refractivity contribution < 1.29 is 22.7 Å². The first-order valence-electron chi connectivity index (χ1n) is 10.1. The van der Waals surface area contributed by atoms with Crippen molar-refractivity contribution in [3.8, 4) is 11.5 Å². The van der Waals surface area contributed by atoms with Crippen molar-refractivity contribution in [1.82, 2.24) is 0 Å². The number of carbonyl (C=O) groups excluding carboxylic acids is 1. The number of anilines is 2. The third kappa shape index (κ3) is 3.89. The average molecular weight is 453 g/mol. The predicted octanol–water partition coefficient (Wildman–Crippen LogP) is 4.10. The zero-order valence-electron chi connectivity index (χ0n) is 18.0. The monoisotopic (exact) mass is 452 g/mol. The highest BCUT2D eigenvalue weighted by Crippen LogP contribution is 2.37. The van der Waals surface area contributed by atoms with Crippen LogP contribution in [0.1, 0.15) is 22.8 Å². The molecule has 0 spiro atoms. The highest BCUT2D eigenvalue weighted by molar-refractivity contribution is 7.92. The summed E-state index contributed by atoms with van der Waals surface area (Å²) < 4.78 is 38.4. The van der Waals surface area contributed by atoms with Crippen LogP contribution < -0.4 is 19.1 Å². The molecule has 166 valence electrons. The fraction of sp³-hybridized carbons (Fsp3) is 0.208. The highest BCUT2D eigenvalue weighted by Gasteiger charge is 2.36. The molecule has 32 heavy (non-hydrogen) atoms. The van der Waals surface area contributed by atoms with Gasteiger partial charge < -0.3 is 14.8 Å². The molecule has 0 saturated carbocycles. The summed E-state index contributed by atoms with van der Waals surface area (Å²) in [7, 11) is -0.628. The van der Waals surface area contributed by atoms with Crippen LogP contribution in [0.25, 0.3) is 0 Å². The van der Waals surface area contributed by atoms with Gasteiger partial charge in [-0.3, -0.25) is 9.10 Å². The molecule has 3 aromatic rings. The van der Waals surface area contributed by atoms with Crippen LogP contribution in [0.15, 0.2) is 71.6 Å². The summed E-state index contributed by atoms with van der Waals surface area (Å²) in [4.78, 5) is 13.2. The Balaban J connectivity index is 1.63. The van der Waals surface area contributed by atoms with Crippen molar-refractivity contribution >= 4 is 27.3 Å². The van der Waals surface area contributed by atoms with Gasteiger partial charge in [-0.1, -0.05) is 18.2 Å². The molecule has 1 N–H and O–H groups in total. The molecule has 0 aromatic heterocycles. The molecule has 1 atom stereocenters. The van der Waals surface area contributed by atoms with Crippen LogP contribution in [-0.4, -0.2) is 34.6 Å². The number of ether oxygens (including phenoxy) is 2. The molecular weight excluding hydrogens is 428 g/mol. The van der Waals surface area contributed by atoms with E-state index in [2.05, 4.69) is 5.32 Å². The van der Waals surface area contributed by atoms with Gasteiger partial charge in [0.1, 0.15) is 11.5 Å². The molecule has 0 radical (unpaired) electrons. The minimum absolute atomic E-state index is 0.242. The summed E-state index contributed by atoms with van der Waals surface area (Å²) in [6, 6.07) is 18.3. The number of sulfonamides is 1. The first-order chi connectivity index (χ1) is 15.3. The fourth-order valence-electron chi connectivity index (χ4n) is 3.92. The first-order valence-corrected chi connectivity index (χ1v) is 11.5. The number of rotatable bonds is 6. The maximum atomic E-state index is 13.2. The van der Waals surface area contributed by atoms with Crippen LogP contribution >= 0.6 is 0 Å². The van der Waals surface area contributed by atoms with E-state index in [0.29, 0.717) is 34.9 Å². The summed E-state index contributed by atoms with van der Waals surface area (Å²) >= 11 is 0. The average Bonchev–Trinajstić information content (AvgIpc) is 3.15. The smallest absolute Gasteiger partial charge is 0.264 e. The predicted molar refractivity (Wildman–Crippen MR) is 123 cm³/mol. The van der Waals surface area contributed by atoms with Gasteiger partial charge in [-0.05, 0) is 61.4 Å². The quantitative estimate of drug-likeness (QED) is 0.609. The Labute approximate surface area is 187 Å². The highest BCUT2D eigenvalue weighted by atomic mass is 32.2. The summed E-state index contributed by atoms with van der Waals surface area (Å²) in [5, 5.41) is 2.85. The Hall–Kier alpha value is -3.52. The molecule has 0 aliphatic carbocycles. The van der Waals surface area contributed by atoms with E-state index in [0.717, 1.165) is 5.56 Å². The summed E-state index contributed by atoms with van der Waals surface area (Å²) in [6.07, 6.45) is 0.519. The second-order valence-corrected chi connectivity index (χ2v) is 9.35. The molecule has 0 bridgehead atoms. The topological polar surface area (TPSA) is 84.9 Å². The molecule has 1 aliphatic rings. The lowest BCUT2D eigenvalue weighted by atomic mass is 10.1. The van der Waals surface area contributed by atoms with Crippen molar-refractivity contribution in [2.24, 2.45) is 0 Å². The number of hydrogen-bond donors (Lipinski definition) is 1. The molecule has 0 unspecified atom stereocenters. The third-order valence-electron chi connectivity index (χ3n) is 5.45. The number of carbonyl (C=O) groups is 1. The van der Waals surface area contributed by atoms with Crippen LogP contribution in [0.5, 0.6) is 11.5 Å². The minimum Gasteiger partial charge on any atom is -0.497 e. The standard InChI is InChI=1S/C24H24N2O5S/c1-16-13-18-14-17(24(27)25-21-15-19(30-2)10-12-23(21)31-3)9-11-22(18)26(16)32(28,29)20-7-5-4-6-8-20/h4-12,14-16H,13H2,1-3H3,(H,25,27)/t16-/m1/s1. The van der Waals surface area contributed by atoms with Gasteiger partial charge in [-0.25, -0.2) is 8.42 Å². The lowest BCUT2D eigenvalue weighted by molar-refractivity contribution is 0.102. The van der Waals surface area contributed by atoms with Crippen molar-refractivity contribution in [2.45, 2.75) is 24.3 Å². The van der Waals surface area contributed by atoms with Crippen molar-refractivity contribution in [1.29, 1.82) is 0 Å². The Bertz CT molecular complexity index is 1260. The number of nitrogens with one attached hydrogen (secondary N) is 1. The zero-order valence-corrected chi connectivity index (χ0v) is 18.8. The summed E-state index contributed by atoms with van der Waals surface area (Å²) in [5.74, 6) is 0.774. The number of amides is 1. The van der Waals surface area contributed by atoms with E-state index in [-0.39, 0.29) is 16.8 Å². The van der Waals surface area contributed by atoms with Gasteiger partial charge in [0.05, 0.1) is 30.5 Å². The molecule has 3 aromatic carbocycles. The molecular formula is C24H24N2O5S. The second kappa shape index (κ2) is 8.55. The molecule has 8 heteroatoms. The van der Waals surface area contributed by atoms with E-state index in [4.69, 9.17) is 9.47 Å². The molecule has 1 heterocycles. The van der Waals surface area contributed by atoms with Crippen LogP contribution in [0, 0.1) is 0 Å². The van der Waals surface area contributed by atoms with Crippen molar-refractivity contribution in [2.75, 3.05) is 23.8 Å². The molecule has 7 nitrogen and oxygen atoms in total. The number of nitrogens with zero attached hydrogens (tertiary/aromatic N) is 1. The van der Waals surface area contributed by atoms with Crippen LogP contribution in [0.2, 0.25) is 0 Å². The molecule has 4 rings (SSSR count). The van der Waals surface area contributed by atoms with E-state index >= 15 is 0 Å². The summed E-state index contributed by atoms with van der Waals surface area (Å²) in [6.45, 7) is 1.86. The molecule has 0 saturated heterocycles. The van der Waals surface area contributed by atoms with Gasteiger partial charge >= 0.3 is 0 Å². The lowest BCUT2D eigenvalue weighted by Gasteiger charge is -2.24. The Morgan fingerprint density at radius 2 is 1.75 bits per heavy atom. The Morgan fingerprint density at radius 3 is 2.44 bits per heavy atom. The van der Waals surface area contributed by atoms with Gasteiger partial charge in [-0.15, -0.1) is 0 Å². The van der Waals surface area contributed by atoms with E-state index in [1.54, 1.807) is 73.8 Å². The van der Waals surface area contributed by atoms with E-state index in [1.165, 1.54) is 11.4 Å². The largest absolute Gasteiger partial charge is 0.497 e. The number of hydrogen-bond acceptors (Lipinski definition) is 5. The summed E-state index contributed by atoms with van der Waals surface area (Å²) in [5.41, 5.74) is 2.32. The van der Waals surface area contributed by atoms with Crippen molar-refractivity contribution in [3.05, 3.63) is 77.9 Å². The molecule has 0 fully saturated rings. The number of fused-ring (bicyclic) bond motifs is 1. The van der Waals surface area contributed by atoms with Crippen molar-refractivity contribution in [3.63, 3.8) is 0 Å². The van der Waals surface area contributed by atoms with Gasteiger partial charge in [0.15, 0.2) is 0 Å². The Kier molecular flexibility index (Phi) is 5.80. The lowest BCUT2D eigenvalue weighted by Crippen LogP contribution is -2.35. The minimum atomic E-state index is -3.70. The fourth-order valence-corrected chi connectivity index (χ4v) is 5.64. The van der Waals surface area contributed by atoms with Gasteiger partial charge in [-0.2, -0.15) is 0 Å². The molecule has 1 aliphatic heterocycles. The third-order valence-corrected chi connectivity index (χ3v) is 7.39. The van der Waals surface area contributed by atoms with E-state index < -0.39 is 10.0 Å². The number of methoxy groups -OCH3 is 2. The van der Waals surface area contributed by atoms with Gasteiger partial charge in [0.25, 0.3) is 15.9 Å². The zero-order chi connectivity index (χ0) is 22.9. The number of benzene rings is 3. The van der Waals surface area contributed by atoms with Crippen LogP contribution in [0.4, 0.5) is 11.4 Å². The SMILES string of the molecule is COc1ccc(OC)c(NC(=O)c2ccc3c(c2)C[C@@H](C)N3S(=O)(=O)c2ccccc2)c1.